The van der Waals surface area contributed by atoms with Crippen LogP contribution in [0.15, 0.2) is 30.0 Å². The van der Waals surface area contributed by atoms with E-state index in [0.717, 1.165) is 15.8 Å². The second-order valence-corrected chi connectivity index (χ2v) is 4.69. The molecule has 22 heavy (non-hydrogen) atoms. The van der Waals surface area contributed by atoms with E-state index in [1.54, 1.807) is 18.2 Å². The summed E-state index contributed by atoms with van der Waals surface area (Å²) in [5, 5.41) is 19.4. The third-order valence-corrected chi connectivity index (χ3v) is 3.33. The summed E-state index contributed by atoms with van der Waals surface area (Å²) in [6.07, 6.45) is 1.22. The van der Waals surface area contributed by atoms with Gasteiger partial charge in [-0.15, -0.1) is 5.10 Å². The highest BCUT2D eigenvalue weighted by molar-refractivity contribution is 6.17. The molecule has 0 bridgehead atoms. The number of ether oxygens (including phenoxy) is 1. The number of carbonyl (C=O) groups is 2. The molecule has 2 aromatic rings. The van der Waals surface area contributed by atoms with E-state index in [9.17, 15) is 9.59 Å². The molecule has 2 heterocycles. The van der Waals surface area contributed by atoms with Gasteiger partial charge in [0.1, 0.15) is 5.70 Å². The first kappa shape index (κ1) is 14.1. The quantitative estimate of drug-likeness (QED) is 0.682. The number of anilines is 1. The third-order valence-electron chi connectivity index (χ3n) is 3.33. The monoisotopic (exact) mass is 302 g/mol. The number of benzene rings is 1. The summed E-state index contributed by atoms with van der Waals surface area (Å²) in [5.74, 6) is -0.408. The number of hydrogen-bond donors (Lipinski definition) is 3. The fourth-order valence-electron chi connectivity index (χ4n) is 2.29. The molecule has 1 aromatic carbocycles. The topological polar surface area (TPSA) is 108 Å². The molecule has 3 rings (SSSR count). The number of imide groups is 1. The minimum atomic E-state index is -0.457. The van der Waals surface area contributed by atoms with Crippen molar-refractivity contribution in [2.45, 2.75) is 0 Å². The number of aliphatic hydroxyl groups is 1. The van der Waals surface area contributed by atoms with Crippen LogP contribution in [0.2, 0.25) is 0 Å². The van der Waals surface area contributed by atoms with Crippen LogP contribution in [0.25, 0.3) is 10.9 Å². The standard InChI is InChI=1S/C14H14N4O4/c1-22-13-9-3-2-8(6-10(9)16-17-13)15-11-7-12(20)18(4-5-19)14(11)21/h2-3,6-7,15,19H,4-5H2,1H3,(H,16,17). The minimum absolute atomic E-state index is 0.0177. The molecule has 0 aliphatic carbocycles. The Morgan fingerprint density at radius 2 is 2.23 bits per heavy atom. The molecule has 0 radical (unpaired) electrons. The van der Waals surface area contributed by atoms with Crippen LogP contribution in [-0.2, 0) is 9.59 Å². The predicted molar refractivity (Wildman–Crippen MR) is 78.2 cm³/mol. The van der Waals surface area contributed by atoms with E-state index in [2.05, 4.69) is 15.5 Å². The SMILES string of the molecule is COc1n[nH]c2cc(NC3=CC(=O)N(CCO)C3=O)ccc12. The van der Waals surface area contributed by atoms with E-state index in [-0.39, 0.29) is 18.8 Å². The van der Waals surface area contributed by atoms with Gasteiger partial charge in [-0.25, -0.2) is 0 Å². The molecule has 114 valence electrons. The molecule has 8 nitrogen and oxygen atoms in total. The molecule has 0 atom stereocenters. The van der Waals surface area contributed by atoms with Gasteiger partial charge < -0.3 is 15.2 Å². The molecule has 1 aliphatic heterocycles. The van der Waals surface area contributed by atoms with Crippen molar-refractivity contribution in [3.8, 4) is 5.88 Å². The maximum absolute atomic E-state index is 12.0. The fraction of sp³-hybridized carbons (Fsp3) is 0.214. The second-order valence-electron chi connectivity index (χ2n) is 4.69. The molecule has 0 saturated carbocycles. The fourth-order valence-corrected chi connectivity index (χ4v) is 2.29. The molecule has 2 amide bonds. The summed E-state index contributed by atoms with van der Waals surface area (Å²) in [7, 11) is 1.53. The first-order valence-electron chi connectivity index (χ1n) is 6.61. The summed E-state index contributed by atoms with van der Waals surface area (Å²) >= 11 is 0. The largest absolute Gasteiger partial charge is 0.480 e. The van der Waals surface area contributed by atoms with Crippen LogP contribution in [0.5, 0.6) is 5.88 Å². The van der Waals surface area contributed by atoms with Crippen molar-refractivity contribution < 1.29 is 19.4 Å². The normalized spacial score (nSPS) is 14.6. The molecule has 0 fully saturated rings. The van der Waals surface area contributed by atoms with Crippen LogP contribution in [0.1, 0.15) is 0 Å². The Labute approximate surface area is 125 Å². The Hall–Kier alpha value is -2.87. The zero-order valence-electron chi connectivity index (χ0n) is 11.8. The first-order chi connectivity index (χ1) is 10.6. The molecule has 0 unspecified atom stereocenters. The lowest BCUT2D eigenvalue weighted by molar-refractivity contribution is -0.137. The zero-order valence-corrected chi connectivity index (χ0v) is 11.8. The number of β-amino-alcohol motifs (C(OH)–C–C–N with tert-alkyl or cyclic N) is 1. The zero-order chi connectivity index (χ0) is 15.7. The Kier molecular flexibility index (Phi) is 3.51. The van der Waals surface area contributed by atoms with Crippen molar-refractivity contribution in [1.82, 2.24) is 15.1 Å². The molecule has 1 aromatic heterocycles. The molecule has 0 spiro atoms. The van der Waals surface area contributed by atoms with E-state index in [0.29, 0.717) is 11.6 Å². The molecular formula is C14H14N4O4. The smallest absolute Gasteiger partial charge is 0.277 e. The lowest BCUT2D eigenvalue weighted by atomic mass is 10.2. The average Bonchev–Trinajstić information content (AvgIpc) is 3.03. The maximum Gasteiger partial charge on any atom is 0.277 e. The van der Waals surface area contributed by atoms with Gasteiger partial charge in [-0.3, -0.25) is 19.6 Å². The number of nitrogens with zero attached hydrogens (tertiary/aromatic N) is 2. The van der Waals surface area contributed by atoms with Crippen LogP contribution in [-0.4, -0.2) is 52.3 Å². The maximum atomic E-state index is 12.0. The Morgan fingerprint density at radius 3 is 2.95 bits per heavy atom. The van der Waals surface area contributed by atoms with E-state index < -0.39 is 11.8 Å². The molecular weight excluding hydrogens is 288 g/mol. The van der Waals surface area contributed by atoms with Gasteiger partial charge in [0.15, 0.2) is 0 Å². The lowest BCUT2D eigenvalue weighted by Gasteiger charge is -2.13. The number of H-pyrrole nitrogens is 1. The Bertz CT molecular complexity index is 780. The Balaban J connectivity index is 1.83. The number of nitrogens with one attached hydrogen (secondary N) is 2. The first-order valence-corrected chi connectivity index (χ1v) is 6.61. The van der Waals surface area contributed by atoms with Crippen LogP contribution in [0.4, 0.5) is 5.69 Å². The number of hydrogen-bond acceptors (Lipinski definition) is 6. The number of carbonyl (C=O) groups excluding carboxylic acids is 2. The number of amides is 2. The summed E-state index contributed by atoms with van der Waals surface area (Å²) in [4.78, 5) is 24.7. The molecule has 1 aliphatic rings. The van der Waals surface area contributed by atoms with E-state index in [4.69, 9.17) is 9.84 Å². The number of rotatable bonds is 5. The van der Waals surface area contributed by atoms with Crippen LogP contribution < -0.4 is 10.1 Å². The van der Waals surface area contributed by atoms with Crippen LogP contribution in [0, 0.1) is 0 Å². The highest BCUT2D eigenvalue weighted by Crippen LogP contribution is 2.26. The summed E-state index contributed by atoms with van der Waals surface area (Å²) in [5.41, 5.74) is 1.55. The van der Waals surface area contributed by atoms with Gasteiger partial charge in [0.05, 0.1) is 31.2 Å². The lowest BCUT2D eigenvalue weighted by Crippen LogP contribution is -2.34. The highest BCUT2D eigenvalue weighted by atomic mass is 16.5. The van der Waals surface area contributed by atoms with Gasteiger partial charge in [-0.1, -0.05) is 0 Å². The van der Waals surface area contributed by atoms with Crippen LogP contribution >= 0.6 is 0 Å². The van der Waals surface area contributed by atoms with E-state index >= 15 is 0 Å². The Morgan fingerprint density at radius 1 is 1.41 bits per heavy atom. The number of aliphatic hydroxyl groups excluding tert-OH is 1. The van der Waals surface area contributed by atoms with E-state index in [1.165, 1.54) is 13.2 Å². The average molecular weight is 302 g/mol. The summed E-state index contributed by atoms with van der Waals surface area (Å²) in [6.45, 7) is -0.283. The number of aromatic nitrogens is 2. The molecule has 0 saturated heterocycles. The molecule has 3 N–H and O–H groups in total. The summed E-state index contributed by atoms with van der Waals surface area (Å²) in [6, 6.07) is 5.32. The number of aromatic amines is 1. The third kappa shape index (κ3) is 2.29. The number of fused-ring (bicyclic) bond motifs is 1. The van der Waals surface area contributed by atoms with Crippen molar-refractivity contribution in [3.05, 3.63) is 30.0 Å². The van der Waals surface area contributed by atoms with Crippen LogP contribution in [0.3, 0.4) is 0 Å². The number of methoxy groups -OCH3 is 1. The van der Waals surface area contributed by atoms with Gasteiger partial charge >= 0.3 is 0 Å². The predicted octanol–water partition coefficient (Wildman–Crippen LogP) is 0.228. The second kappa shape index (κ2) is 5.49. The van der Waals surface area contributed by atoms with Crippen molar-refractivity contribution >= 4 is 28.4 Å². The molecule has 8 heteroatoms. The van der Waals surface area contributed by atoms with Crippen molar-refractivity contribution in [1.29, 1.82) is 0 Å². The van der Waals surface area contributed by atoms with Crippen molar-refractivity contribution in [2.75, 3.05) is 25.6 Å². The summed E-state index contributed by atoms with van der Waals surface area (Å²) < 4.78 is 5.11. The van der Waals surface area contributed by atoms with E-state index in [1.807, 2.05) is 0 Å². The minimum Gasteiger partial charge on any atom is -0.480 e. The van der Waals surface area contributed by atoms with Gasteiger partial charge in [-0.05, 0) is 18.2 Å². The van der Waals surface area contributed by atoms with Crippen molar-refractivity contribution in [2.24, 2.45) is 0 Å². The van der Waals surface area contributed by atoms with Gasteiger partial charge in [0.2, 0.25) is 5.88 Å². The van der Waals surface area contributed by atoms with Crippen molar-refractivity contribution in [3.63, 3.8) is 0 Å². The van der Waals surface area contributed by atoms with Gasteiger partial charge in [0.25, 0.3) is 11.8 Å². The van der Waals surface area contributed by atoms with Gasteiger partial charge in [0, 0.05) is 11.8 Å². The van der Waals surface area contributed by atoms with Gasteiger partial charge in [-0.2, -0.15) is 0 Å². The highest BCUT2D eigenvalue weighted by Gasteiger charge is 2.30.